The number of fused-ring (bicyclic) bond motifs is 1. The van der Waals surface area contributed by atoms with Crippen LogP contribution in [-0.2, 0) is 4.79 Å². The Morgan fingerprint density at radius 3 is 2.25 bits per heavy atom. The monoisotopic (exact) mass is 474 g/mol. The van der Waals surface area contributed by atoms with E-state index in [1.165, 1.54) is 6.33 Å². The smallest absolute Gasteiger partial charge is 0.254 e. The summed E-state index contributed by atoms with van der Waals surface area (Å²) in [6, 6.07) is 30.3. The molecule has 0 unspecified atom stereocenters. The second kappa shape index (κ2) is 9.62. The first-order valence-corrected chi connectivity index (χ1v) is 12.2. The molecule has 6 rings (SSSR count). The predicted octanol–water partition coefficient (Wildman–Crippen LogP) is 5.31. The van der Waals surface area contributed by atoms with Gasteiger partial charge < -0.3 is 10.2 Å². The van der Waals surface area contributed by atoms with E-state index >= 15 is 0 Å². The molecule has 2 aromatic heterocycles. The highest BCUT2D eigenvalue weighted by Crippen LogP contribution is 2.30. The van der Waals surface area contributed by atoms with Crippen molar-refractivity contribution in [3.8, 4) is 22.4 Å². The molecule has 1 aliphatic heterocycles. The van der Waals surface area contributed by atoms with E-state index < -0.39 is 0 Å². The highest BCUT2D eigenvalue weighted by molar-refractivity contribution is 5.97. The van der Waals surface area contributed by atoms with Gasteiger partial charge in [0.1, 0.15) is 12.1 Å². The van der Waals surface area contributed by atoms with Gasteiger partial charge in [0.2, 0.25) is 5.91 Å². The summed E-state index contributed by atoms with van der Waals surface area (Å²) in [5.41, 5.74) is 4.87. The molecule has 0 aliphatic carbocycles. The Morgan fingerprint density at radius 2 is 1.50 bits per heavy atom. The zero-order valence-corrected chi connectivity index (χ0v) is 19.8. The summed E-state index contributed by atoms with van der Waals surface area (Å²) in [5.74, 6) is 1.55. The summed E-state index contributed by atoms with van der Waals surface area (Å²) in [4.78, 5) is 24.5. The Kier molecular flexibility index (Phi) is 5.87. The molecular weight excluding hydrogens is 448 g/mol. The SMILES string of the molecule is O=C(Nc1ccccc1-c1ccccc1)C1CCN(c2cc(-c3ccccc3)nc3ncnn23)CC1. The Morgan fingerprint density at radius 1 is 0.833 bits per heavy atom. The van der Waals surface area contributed by atoms with Crippen molar-refractivity contribution in [2.24, 2.45) is 5.92 Å². The maximum atomic E-state index is 13.2. The molecule has 0 spiro atoms. The third-order valence-electron chi connectivity index (χ3n) is 6.76. The molecule has 3 heterocycles. The van der Waals surface area contributed by atoms with Gasteiger partial charge in [0.25, 0.3) is 5.78 Å². The maximum Gasteiger partial charge on any atom is 0.254 e. The molecule has 0 saturated carbocycles. The van der Waals surface area contributed by atoms with Crippen molar-refractivity contribution in [1.82, 2.24) is 19.6 Å². The number of carbonyl (C=O) groups is 1. The molecule has 1 saturated heterocycles. The van der Waals surface area contributed by atoms with Gasteiger partial charge >= 0.3 is 0 Å². The Balaban J connectivity index is 1.19. The van der Waals surface area contributed by atoms with E-state index in [2.05, 4.69) is 43.5 Å². The highest BCUT2D eigenvalue weighted by atomic mass is 16.1. The van der Waals surface area contributed by atoms with Gasteiger partial charge in [-0.05, 0) is 24.5 Å². The minimum absolute atomic E-state index is 0.0493. The lowest BCUT2D eigenvalue weighted by Gasteiger charge is -2.33. The normalized spacial score (nSPS) is 14.2. The Bertz CT molecular complexity index is 1490. The van der Waals surface area contributed by atoms with Crippen LogP contribution in [-0.4, -0.2) is 38.6 Å². The van der Waals surface area contributed by atoms with E-state index in [1.807, 2.05) is 72.8 Å². The number of benzene rings is 3. The zero-order chi connectivity index (χ0) is 24.3. The van der Waals surface area contributed by atoms with Crippen LogP contribution in [0.4, 0.5) is 11.5 Å². The number of amides is 1. The number of hydrogen-bond donors (Lipinski definition) is 1. The van der Waals surface area contributed by atoms with Crippen LogP contribution >= 0.6 is 0 Å². The van der Waals surface area contributed by atoms with Crippen molar-refractivity contribution in [1.29, 1.82) is 0 Å². The van der Waals surface area contributed by atoms with Crippen molar-refractivity contribution in [2.45, 2.75) is 12.8 Å². The van der Waals surface area contributed by atoms with Crippen molar-refractivity contribution >= 4 is 23.2 Å². The highest BCUT2D eigenvalue weighted by Gasteiger charge is 2.27. The Hall–Kier alpha value is -4.52. The molecule has 0 radical (unpaired) electrons. The fraction of sp³-hybridized carbons (Fsp3) is 0.172. The fourth-order valence-corrected chi connectivity index (χ4v) is 4.85. The van der Waals surface area contributed by atoms with Crippen LogP contribution in [0.15, 0.2) is 97.3 Å². The van der Waals surface area contributed by atoms with Gasteiger partial charge in [0.15, 0.2) is 0 Å². The van der Waals surface area contributed by atoms with Crippen molar-refractivity contribution < 1.29 is 4.79 Å². The average molecular weight is 475 g/mol. The van der Waals surface area contributed by atoms with Crippen molar-refractivity contribution in [3.63, 3.8) is 0 Å². The Labute approximate surface area is 209 Å². The first-order valence-electron chi connectivity index (χ1n) is 12.2. The van der Waals surface area contributed by atoms with Crippen LogP contribution in [0.1, 0.15) is 12.8 Å². The van der Waals surface area contributed by atoms with E-state index in [-0.39, 0.29) is 11.8 Å². The largest absolute Gasteiger partial charge is 0.356 e. The van der Waals surface area contributed by atoms with Gasteiger partial charge in [0, 0.05) is 41.9 Å². The van der Waals surface area contributed by atoms with Crippen LogP contribution < -0.4 is 10.2 Å². The minimum Gasteiger partial charge on any atom is -0.356 e. The molecule has 1 fully saturated rings. The summed E-state index contributed by atoms with van der Waals surface area (Å²) in [7, 11) is 0. The summed E-state index contributed by atoms with van der Waals surface area (Å²) in [5, 5.41) is 7.59. The molecule has 7 nitrogen and oxygen atoms in total. The van der Waals surface area contributed by atoms with Crippen LogP contribution in [0.2, 0.25) is 0 Å². The topological polar surface area (TPSA) is 75.4 Å². The number of rotatable bonds is 5. The number of anilines is 2. The van der Waals surface area contributed by atoms with Gasteiger partial charge in [-0.3, -0.25) is 4.79 Å². The molecule has 1 amide bonds. The first kappa shape index (κ1) is 22.0. The molecule has 3 aromatic carbocycles. The predicted molar refractivity (Wildman–Crippen MR) is 142 cm³/mol. The number of carbonyl (C=O) groups excluding carboxylic acids is 1. The number of para-hydroxylation sites is 1. The van der Waals surface area contributed by atoms with E-state index in [9.17, 15) is 4.79 Å². The number of nitrogens with one attached hydrogen (secondary N) is 1. The molecule has 0 bridgehead atoms. The lowest BCUT2D eigenvalue weighted by molar-refractivity contribution is -0.120. The van der Waals surface area contributed by atoms with Crippen molar-refractivity contribution in [2.75, 3.05) is 23.3 Å². The van der Waals surface area contributed by atoms with Crippen molar-refractivity contribution in [3.05, 3.63) is 97.3 Å². The molecule has 1 N–H and O–H groups in total. The first-order chi connectivity index (χ1) is 17.8. The number of hydrogen-bond acceptors (Lipinski definition) is 5. The summed E-state index contributed by atoms with van der Waals surface area (Å²) in [6.45, 7) is 1.51. The number of nitrogens with zero attached hydrogens (tertiary/aromatic N) is 5. The van der Waals surface area contributed by atoms with E-state index in [0.29, 0.717) is 5.78 Å². The lowest BCUT2D eigenvalue weighted by Crippen LogP contribution is -2.39. The standard InChI is InChI=1S/C29H26N6O/c36-28(32-25-14-8-7-13-24(25)21-9-3-1-4-10-21)23-15-17-34(18-16-23)27-19-26(22-11-5-2-6-12-22)33-29-30-20-31-35(27)29/h1-14,19-20,23H,15-18H2,(H,32,36). The van der Waals surface area contributed by atoms with Crippen LogP contribution in [0.25, 0.3) is 28.2 Å². The molecule has 0 atom stereocenters. The zero-order valence-electron chi connectivity index (χ0n) is 19.8. The summed E-state index contributed by atoms with van der Waals surface area (Å²) in [6.07, 6.45) is 3.06. The summed E-state index contributed by atoms with van der Waals surface area (Å²) >= 11 is 0. The van der Waals surface area contributed by atoms with Gasteiger partial charge in [0.05, 0.1) is 5.69 Å². The van der Waals surface area contributed by atoms with Crippen LogP contribution in [0.5, 0.6) is 0 Å². The van der Waals surface area contributed by atoms with Crippen LogP contribution in [0.3, 0.4) is 0 Å². The third kappa shape index (κ3) is 4.31. The van der Waals surface area contributed by atoms with Gasteiger partial charge in [-0.15, -0.1) is 0 Å². The molecule has 1 aliphatic rings. The third-order valence-corrected chi connectivity index (χ3v) is 6.76. The number of piperidine rings is 1. The van der Waals surface area contributed by atoms with Gasteiger partial charge in [-0.25, -0.2) is 4.98 Å². The fourth-order valence-electron chi connectivity index (χ4n) is 4.85. The lowest BCUT2D eigenvalue weighted by atomic mass is 9.95. The van der Waals surface area contributed by atoms with E-state index in [1.54, 1.807) is 4.52 Å². The molecule has 5 aromatic rings. The number of aromatic nitrogens is 4. The second-order valence-corrected chi connectivity index (χ2v) is 9.00. The summed E-state index contributed by atoms with van der Waals surface area (Å²) < 4.78 is 1.78. The van der Waals surface area contributed by atoms with Crippen LogP contribution in [0, 0.1) is 5.92 Å². The quantitative estimate of drug-likeness (QED) is 0.373. The van der Waals surface area contributed by atoms with E-state index in [0.717, 1.165) is 59.8 Å². The molecule has 178 valence electrons. The average Bonchev–Trinajstić information content (AvgIpc) is 3.43. The second-order valence-electron chi connectivity index (χ2n) is 9.00. The maximum absolute atomic E-state index is 13.2. The van der Waals surface area contributed by atoms with E-state index in [4.69, 9.17) is 0 Å². The minimum atomic E-state index is -0.0493. The molecule has 7 heteroatoms. The van der Waals surface area contributed by atoms with Gasteiger partial charge in [-0.2, -0.15) is 14.6 Å². The van der Waals surface area contributed by atoms with Gasteiger partial charge in [-0.1, -0.05) is 78.9 Å². The molecular formula is C29H26N6O. The molecule has 36 heavy (non-hydrogen) atoms.